The first kappa shape index (κ1) is 15.6. The summed E-state index contributed by atoms with van der Waals surface area (Å²) in [6.07, 6.45) is 14.7. The van der Waals surface area contributed by atoms with Gasteiger partial charge in [-0.15, -0.1) is 0 Å². The van der Waals surface area contributed by atoms with Gasteiger partial charge >= 0.3 is 0 Å². The number of halogens is 1. The van der Waals surface area contributed by atoms with Crippen molar-refractivity contribution in [1.29, 1.82) is 0 Å². The minimum Gasteiger partial charge on any atom is -0.0843 e. The van der Waals surface area contributed by atoms with Crippen LogP contribution in [0.15, 0.2) is 30.3 Å². The zero-order valence-corrected chi connectivity index (χ0v) is 13.5. The first-order valence-electron chi connectivity index (χ1n) is 8.24. The van der Waals surface area contributed by atoms with E-state index in [0.29, 0.717) is 0 Å². The van der Waals surface area contributed by atoms with Gasteiger partial charge in [0, 0.05) is 5.02 Å². The molecule has 20 heavy (non-hydrogen) atoms. The molecule has 0 saturated heterocycles. The fourth-order valence-electron chi connectivity index (χ4n) is 3.14. The lowest BCUT2D eigenvalue weighted by Crippen LogP contribution is -2.05. The monoisotopic (exact) mass is 290 g/mol. The maximum Gasteiger partial charge on any atom is 0.0412 e. The van der Waals surface area contributed by atoms with Crippen LogP contribution in [0.1, 0.15) is 70.3 Å². The molecular formula is C19H27Cl. The summed E-state index contributed by atoms with van der Waals surface area (Å²) in [5.41, 5.74) is 2.81. The van der Waals surface area contributed by atoms with Crippen LogP contribution >= 0.6 is 11.6 Å². The van der Waals surface area contributed by atoms with Crippen LogP contribution in [0.3, 0.4) is 0 Å². The summed E-state index contributed by atoms with van der Waals surface area (Å²) >= 11 is 6.08. The number of allylic oxidation sites excluding steroid dienone is 2. The van der Waals surface area contributed by atoms with Gasteiger partial charge in [-0.2, -0.15) is 0 Å². The van der Waals surface area contributed by atoms with E-state index in [2.05, 4.69) is 31.2 Å². The van der Waals surface area contributed by atoms with E-state index in [0.717, 1.165) is 10.9 Å². The summed E-state index contributed by atoms with van der Waals surface area (Å²) in [6.45, 7) is 2.28. The van der Waals surface area contributed by atoms with Crippen molar-refractivity contribution < 1.29 is 0 Å². The average molecular weight is 291 g/mol. The average Bonchev–Trinajstić information content (AvgIpc) is 2.48. The van der Waals surface area contributed by atoms with Crippen molar-refractivity contribution in [2.75, 3.05) is 0 Å². The summed E-state index contributed by atoms with van der Waals surface area (Å²) in [5.74, 6) is 0.916. The van der Waals surface area contributed by atoms with E-state index in [-0.39, 0.29) is 0 Å². The van der Waals surface area contributed by atoms with Crippen LogP contribution in [0, 0.1) is 5.92 Å². The van der Waals surface area contributed by atoms with E-state index in [4.69, 9.17) is 11.6 Å². The molecule has 0 radical (unpaired) electrons. The maximum atomic E-state index is 6.08. The summed E-state index contributed by atoms with van der Waals surface area (Å²) in [6, 6.07) is 8.28. The van der Waals surface area contributed by atoms with Crippen molar-refractivity contribution in [3.05, 3.63) is 40.9 Å². The first-order valence-corrected chi connectivity index (χ1v) is 8.62. The van der Waals surface area contributed by atoms with E-state index in [1.807, 2.05) is 6.07 Å². The van der Waals surface area contributed by atoms with Crippen LogP contribution < -0.4 is 0 Å². The molecule has 2 rings (SSSR count). The predicted molar refractivity (Wildman–Crippen MR) is 90.1 cm³/mol. The Hall–Kier alpha value is -0.750. The van der Waals surface area contributed by atoms with Crippen molar-refractivity contribution in [2.24, 2.45) is 5.92 Å². The lowest BCUT2D eigenvalue weighted by molar-refractivity contribution is 0.423. The second-order valence-electron chi connectivity index (χ2n) is 6.08. The van der Waals surface area contributed by atoms with E-state index in [1.165, 1.54) is 68.9 Å². The van der Waals surface area contributed by atoms with Crippen LogP contribution in [0.25, 0.3) is 5.57 Å². The second-order valence-corrected chi connectivity index (χ2v) is 6.52. The van der Waals surface area contributed by atoms with Gasteiger partial charge in [0.25, 0.3) is 0 Å². The Morgan fingerprint density at radius 1 is 1.15 bits per heavy atom. The molecule has 0 heterocycles. The van der Waals surface area contributed by atoms with Gasteiger partial charge in [0.05, 0.1) is 0 Å². The molecule has 1 aromatic carbocycles. The van der Waals surface area contributed by atoms with E-state index in [1.54, 1.807) is 0 Å². The van der Waals surface area contributed by atoms with Crippen LogP contribution in [-0.4, -0.2) is 0 Å². The van der Waals surface area contributed by atoms with Gasteiger partial charge in [-0.3, -0.25) is 0 Å². The standard InChI is InChI=1S/C19H27Cl/c1-2-3-4-5-6-8-16-11-13-17(14-12-16)18-9-7-10-19(20)15-18/h7,9-10,13,15-16H,2-6,8,11-12,14H2,1H3. The third kappa shape index (κ3) is 4.98. The molecule has 1 aromatic rings. The lowest BCUT2D eigenvalue weighted by atomic mass is 9.84. The SMILES string of the molecule is CCCCCCCC1CC=C(c2cccc(Cl)c2)CC1. The van der Waals surface area contributed by atoms with Gasteiger partial charge in [-0.25, -0.2) is 0 Å². The van der Waals surface area contributed by atoms with Gasteiger partial charge in [0.15, 0.2) is 0 Å². The maximum absolute atomic E-state index is 6.08. The molecule has 1 aliphatic carbocycles. The molecule has 0 saturated carbocycles. The molecule has 110 valence electrons. The molecule has 0 spiro atoms. The highest BCUT2D eigenvalue weighted by Gasteiger charge is 2.15. The zero-order chi connectivity index (χ0) is 14.2. The van der Waals surface area contributed by atoms with E-state index < -0.39 is 0 Å². The molecule has 0 nitrogen and oxygen atoms in total. The quantitative estimate of drug-likeness (QED) is 0.480. The minimum atomic E-state index is 0.849. The minimum absolute atomic E-state index is 0.849. The zero-order valence-electron chi connectivity index (χ0n) is 12.7. The topological polar surface area (TPSA) is 0 Å². The normalized spacial score (nSPS) is 18.9. The van der Waals surface area contributed by atoms with Crippen LogP contribution in [0.5, 0.6) is 0 Å². The Bertz CT molecular complexity index is 433. The third-order valence-corrected chi connectivity index (χ3v) is 4.67. The molecule has 0 bridgehead atoms. The summed E-state index contributed by atoms with van der Waals surface area (Å²) in [7, 11) is 0. The van der Waals surface area contributed by atoms with Crippen molar-refractivity contribution in [3.8, 4) is 0 Å². The number of hydrogen-bond donors (Lipinski definition) is 0. The molecule has 0 N–H and O–H groups in total. The molecule has 0 amide bonds. The number of unbranched alkanes of at least 4 members (excludes halogenated alkanes) is 4. The fourth-order valence-corrected chi connectivity index (χ4v) is 3.33. The smallest absolute Gasteiger partial charge is 0.0412 e. The van der Waals surface area contributed by atoms with Crippen LogP contribution in [-0.2, 0) is 0 Å². The Labute approximate surface area is 129 Å². The van der Waals surface area contributed by atoms with Crippen molar-refractivity contribution in [2.45, 2.75) is 64.7 Å². The summed E-state index contributed by atoms with van der Waals surface area (Å²) < 4.78 is 0. The largest absolute Gasteiger partial charge is 0.0843 e. The van der Waals surface area contributed by atoms with Crippen molar-refractivity contribution >= 4 is 17.2 Å². The van der Waals surface area contributed by atoms with Gasteiger partial charge in [-0.05, 0) is 48.4 Å². The molecule has 0 fully saturated rings. The Kier molecular flexibility index (Phi) is 6.66. The van der Waals surface area contributed by atoms with Crippen molar-refractivity contribution in [1.82, 2.24) is 0 Å². The highest BCUT2D eigenvalue weighted by atomic mass is 35.5. The van der Waals surface area contributed by atoms with Crippen molar-refractivity contribution in [3.63, 3.8) is 0 Å². The summed E-state index contributed by atoms with van der Waals surface area (Å²) in [4.78, 5) is 0. The second kappa shape index (κ2) is 8.52. The van der Waals surface area contributed by atoms with Crippen LogP contribution in [0.4, 0.5) is 0 Å². The molecule has 1 unspecified atom stereocenters. The first-order chi connectivity index (χ1) is 9.79. The molecule has 1 heteroatoms. The predicted octanol–water partition coefficient (Wildman–Crippen LogP) is 6.88. The molecule has 0 aliphatic heterocycles. The van der Waals surface area contributed by atoms with Crippen LogP contribution in [0.2, 0.25) is 5.02 Å². The summed E-state index contributed by atoms with van der Waals surface area (Å²) in [5, 5.41) is 0.849. The van der Waals surface area contributed by atoms with Gasteiger partial charge in [-0.1, -0.05) is 75.3 Å². The molecular weight excluding hydrogens is 264 g/mol. The molecule has 1 atom stereocenters. The molecule has 1 aliphatic rings. The van der Waals surface area contributed by atoms with Gasteiger partial charge < -0.3 is 0 Å². The van der Waals surface area contributed by atoms with Gasteiger partial charge in [0.2, 0.25) is 0 Å². The highest BCUT2D eigenvalue weighted by Crippen LogP contribution is 2.33. The Morgan fingerprint density at radius 3 is 2.70 bits per heavy atom. The highest BCUT2D eigenvalue weighted by molar-refractivity contribution is 6.30. The fraction of sp³-hybridized carbons (Fsp3) is 0.579. The Morgan fingerprint density at radius 2 is 2.00 bits per heavy atom. The van der Waals surface area contributed by atoms with E-state index in [9.17, 15) is 0 Å². The number of benzene rings is 1. The number of rotatable bonds is 7. The Balaban J connectivity index is 1.76. The third-order valence-electron chi connectivity index (χ3n) is 4.43. The number of hydrogen-bond acceptors (Lipinski definition) is 0. The molecule has 0 aromatic heterocycles. The lowest BCUT2D eigenvalue weighted by Gasteiger charge is -2.22. The van der Waals surface area contributed by atoms with Gasteiger partial charge in [0.1, 0.15) is 0 Å². The van der Waals surface area contributed by atoms with E-state index >= 15 is 0 Å².